The van der Waals surface area contributed by atoms with Crippen LogP contribution in [0.25, 0.3) is 0 Å². The largest absolute Gasteiger partial charge is 0.372 e. The zero-order valence-corrected chi connectivity index (χ0v) is 14.6. The van der Waals surface area contributed by atoms with E-state index in [-0.39, 0.29) is 0 Å². The summed E-state index contributed by atoms with van der Waals surface area (Å²) >= 11 is 5.51. The first-order chi connectivity index (χ1) is 11.3. The normalized spacial score (nSPS) is 29.6. The Hall–Kier alpha value is -1.29. The molecule has 23 heavy (non-hydrogen) atoms. The van der Waals surface area contributed by atoms with Gasteiger partial charge in [0.1, 0.15) is 0 Å². The number of hydrogen-bond donors (Lipinski definition) is 2. The molecule has 3 atom stereocenters. The van der Waals surface area contributed by atoms with Gasteiger partial charge in [-0.05, 0) is 86.8 Å². The van der Waals surface area contributed by atoms with Crippen molar-refractivity contribution in [2.45, 2.75) is 51.0 Å². The summed E-state index contributed by atoms with van der Waals surface area (Å²) < 4.78 is 0. The zero-order valence-electron chi connectivity index (χ0n) is 13.8. The summed E-state index contributed by atoms with van der Waals surface area (Å²) in [5.41, 5.74) is 2.42. The minimum absolute atomic E-state index is 0.598. The van der Waals surface area contributed by atoms with Crippen LogP contribution in [0.2, 0.25) is 0 Å². The van der Waals surface area contributed by atoms with Crippen LogP contribution in [0, 0.1) is 11.8 Å². The fourth-order valence-electron chi connectivity index (χ4n) is 4.66. The van der Waals surface area contributed by atoms with E-state index in [0.717, 1.165) is 22.6 Å². The highest BCUT2D eigenvalue weighted by Crippen LogP contribution is 2.44. The summed E-state index contributed by atoms with van der Waals surface area (Å²) in [6.07, 6.45) is 9.54. The lowest BCUT2D eigenvalue weighted by atomic mass is 9.96. The first-order valence-electron chi connectivity index (χ1n) is 9.20. The number of nitrogens with one attached hydrogen (secondary N) is 2. The molecule has 1 aromatic rings. The number of anilines is 2. The summed E-state index contributed by atoms with van der Waals surface area (Å²) in [4.78, 5) is 2.49. The SMILES string of the molecule is S=C(Nc1ccc(N2CCCCC2)cc1)N[C@H]1C[C@H]2CC[C@@H]1C2. The fourth-order valence-corrected chi connectivity index (χ4v) is 4.93. The van der Waals surface area contributed by atoms with E-state index in [4.69, 9.17) is 12.2 Å². The van der Waals surface area contributed by atoms with Crippen molar-refractivity contribution in [2.24, 2.45) is 11.8 Å². The summed E-state index contributed by atoms with van der Waals surface area (Å²) in [7, 11) is 0. The predicted octanol–water partition coefficient (Wildman–Crippen LogP) is 4.15. The molecule has 3 aliphatic rings. The van der Waals surface area contributed by atoms with Gasteiger partial charge in [-0.1, -0.05) is 6.42 Å². The van der Waals surface area contributed by atoms with Gasteiger partial charge in [0.05, 0.1) is 0 Å². The maximum absolute atomic E-state index is 5.51. The van der Waals surface area contributed by atoms with E-state index >= 15 is 0 Å². The molecule has 3 fully saturated rings. The van der Waals surface area contributed by atoms with Crippen LogP contribution in [0.3, 0.4) is 0 Å². The Morgan fingerprint density at radius 2 is 1.78 bits per heavy atom. The molecule has 4 rings (SSSR count). The van der Waals surface area contributed by atoms with Gasteiger partial charge in [0, 0.05) is 30.5 Å². The molecule has 1 heterocycles. The van der Waals surface area contributed by atoms with E-state index in [0.29, 0.717) is 6.04 Å². The second-order valence-electron chi connectivity index (χ2n) is 7.47. The average molecular weight is 330 g/mol. The first kappa shape index (κ1) is 15.3. The van der Waals surface area contributed by atoms with Crippen molar-refractivity contribution < 1.29 is 0 Å². The second-order valence-corrected chi connectivity index (χ2v) is 7.88. The van der Waals surface area contributed by atoms with Gasteiger partial charge in [-0.3, -0.25) is 0 Å². The Bertz CT molecular complexity index is 550. The molecule has 2 N–H and O–H groups in total. The number of fused-ring (bicyclic) bond motifs is 2. The van der Waals surface area contributed by atoms with Crippen molar-refractivity contribution >= 4 is 28.7 Å². The summed E-state index contributed by atoms with van der Waals surface area (Å²) in [5.74, 6) is 1.80. The van der Waals surface area contributed by atoms with Gasteiger partial charge in [0.15, 0.2) is 5.11 Å². The molecule has 0 amide bonds. The second kappa shape index (κ2) is 6.68. The highest BCUT2D eigenvalue weighted by atomic mass is 32.1. The van der Waals surface area contributed by atoms with Crippen LogP contribution in [0.1, 0.15) is 44.9 Å². The lowest BCUT2D eigenvalue weighted by molar-refractivity contribution is 0.392. The number of piperidine rings is 1. The van der Waals surface area contributed by atoms with Crippen molar-refractivity contribution in [3.05, 3.63) is 24.3 Å². The molecule has 2 aliphatic carbocycles. The van der Waals surface area contributed by atoms with Crippen LogP contribution in [0.5, 0.6) is 0 Å². The number of hydrogen-bond acceptors (Lipinski definition) is 2. The maximum atomic E-state index is 5.51. The molecule has 124 valence electrons. The topological polar surface area (TPSA) is 27.3 Å². The minimum atomic E-state index is 0.598. The zero-order chi connectivity index (χ0) is 15.6. The van der Waals surface area contributed by atoms with Crippen molar-refractivity contribution in [2.75, 3.05) is 23.3 Å². The number of benzene rings is 1. The van der Waals surface area contributed by atoms with Crippen LogP contribution in [-0.2, 0) is 0 Å². The third-order valence-corrected chi connectivity index (χ3v) is 6.12. The highest BCUT2D eigenvalue weighted by molar-refractivity contribution is 7.80. The lowest BCUT2D eigenvalue weighted by Crippen LogP contribution is -2.40. The Morgan fingerprint density at radius 1 is 1.00 bits per heavy atom. The van der Waals surface area contributed by atoms with Crippen LogP contribution in [-0.4, -0.2) is 24.2 Å². The number of nitrogens with zero attached hydrogens (tertiary/aromatic N) is 1. The quantitative estimate of drug-likeness (QED) is 0.815. The lowest BCUT2D eigenvalue weighted by Gasteiger charge is -2.29. The van der Waals surface area contributed by atoms with Crippen LogP contribution >= 0.6 is 12.2 Å². The molecule has 2 saturated carbocycles. The van der Waals surface area contributed by atoms with Crippen molar-refractivity contribution in [1.29, 1.82) is 0 Å². The molecule has 0 unspecified atom stereocenters. The molecule has 4 heteroatoms. The highest BCUT2D eigenvalue weighted by Gasteiger charge is 2.39. The van der Waals surface area contributed by atoms with E-state index in [1.807, 2.05) is 0 Å². The molecule has 0 radical (unpaired) electrons. The van der Waals surface area contributed by atoms with Gasteiger partial charge in [0.2, 0.25) is 0 Å². The number of thiocarbonyl (C=S) groups is 1. The molecule has 1 aromatic carbocycles. The van der Waals surface area contributed by atoms with Gasteiger partial charge < -0.3 is 15.5 Å². The standard InChI is InChI=1S/C19H27N3S/c23-19(21-18-13-14-4-5-15(18)12-14)20-16-6-8-17(9-7-16)22-10-2-1-3-11-22/h6-9,14-15,18H,1-5,10-13H2,(H2,20,21,23)/t14-,15+,18-/m0/s1. The molecule has 3 nitrogen and oxygen atoms in total. The fraction of sp³-hybridized carbons (Fsp3) is 0.632. The van der Waals surface area contributed by atoms with Gasteiger partial charge in [-0.2, -0.15) is 0 Å². The first-order valence-corrected chi connectivity index (χ1v) is 9.61. The van der Waals surface area contributed by atoms with Crippen LogP contribution < -0.4 is 15.5 Å². The predicted molar refractivity (Wildman–Crippen MR) is 101 cm³/mol. The van der Waals surface area contributed by atoms with E-state index < -0.39 is 0 Å². The molecule has 1 aliphatic heterocycles. The van der Waals surface area contributed by atoms with E-state index in [1.165, 1.54) is 63.7 Å². The molecule has 0 spiro atoms. The molecule has 1 saturated heterocycles. The summed E-state index contributed by atoms with van der Waals surface area (Å²) in [5, 5.41) is 7.69. The van der Waals surface area contributed by atoms with E-state index in [2.05, 4.69) is 39.8 Å². The Kier molecular flexibility index (Phi) is 4.43. The van der Waals surface area contributed by atoms with E-state index in [1.54, 1.807) is 0 Å². The van der Waals surface area contributed by atoms with Crippen molar-refractivity contribution in [1.82, 2.24) is 5.32 Å². The number of rotatable bonds is 3. The molecular weight excluding hydrogens is 302 g/mol. The van der Waals surface area contributed by atoms with Gasteiger partial charge in [-0.25, -0.2) is 0 Å². The van der Waals surface area contributed by atoms with Gasteiger partial charge in [0.25, 0.3) is 0 Å². The van der Waals surface area contributed by atoms with Crippen molar-refractivity contribution in [3.8, 4) is 0 Å². The van der Waals surface area contributed by atoms with Gasteiger partial charge >= 0.3 is 0 Å². The molecular formula is C19H27N3S. The molecule has 0 aromatic heterocycles. The maximum Gasteiger partial charge on any atom is 0.171 e. The smallest absolute Gasteiger partial charge is 0.171 e. The molecule has 2 bridgehead atoms. The third-order valence-electron chi connectivity index (χ3n) is 5.90. The summed E-state index contributed by atoms with van der Waals surface area (Å²) in [6.45, 7) is 2.38. The Labute approximate surface area is 144 Å². The minimum Gasteiger partial charge on any atom is -0.372 e. The Balaban J connectivity index is 1.30. The van der Waals surface area contributed by atoms with Crippen molar-refractivity contribution in [3.63, 3.8) is 0 Å². The third kappa shape index (κ3) is 3.47. The van der Waals surface area contributed by atoms with Crippen LogP contribution in [0.4, 0.5) is 11.4 Å². The van der Waals surface area contributed by atoms with Gasteiger partial charge in [-0.15, -0.1) is 0 Å². The monoisotopic (exact) mass is 329 g/mol. The Morgan fingerprint density at radius 3 is 2.43 bits per heavy atom. The average Bonchev–Trinajstić information content (AvgIpc) is 3.19. The summed E-state index contributed by atoms with van der Waals surface area (Å²) in [6, 6.07) is 9.33. The van der Waals surface area contributed by atoms with E-state index in [9.17, 15) is 0 Å². The van der Waals surface area contributed by atoms with Crippen LogP contribution in [0.15, 0.2) is 24.3 Å².